The first kappa shape index (κ1) is 16.2. The largest absolute Gasteiger partial charge is 0.489 e. The molecule has 1 atom stereocenters. The number of piperidine rings is 3. The minimum Gasteiger partial charge on any atom is -0.489 e. The molecule has 1 amide bonds. The number of hydrogen-bond acceptors (Lipinski definition) is 3. The minimum atomic E-state index is 0.0216. The molecule has 0 aliphatic carbocycles. The maximum Gasteiger partial charge on any atom is 0.251 e. The summed E-state index contributed by atoms with van der Waals surface area (Å²) in [6.07, 6.45) is 2.41. The van der Waals surface area contributed by atoms with Crippen molar-refractivity contribution >= 4 is 5.91 Å². The highest BCUT2D eigenvalue weighted by Gasteiger charge is 2.34. The molecule has 0 spiro atoms. The van der Waals surface area contributed by atoms with Crippen LogP contribution in [0, 0.1) is 5.92 Å². The normalized spacial score (nSPS) is 24.7. The maximum atomic E-state index is 12.5. The molecule has 3 fully saturated rings. The predicted molar refractivity (Wildman–Crippen MR) is 97.6 cm³/mol. The summed E-state index contributed by atoms with van der Waals surface area (Å²) in [6.45, 7) is 3.90. The second-order valence-electron chi connectivity index (χ2n) is 7.02. The fourth-order valence-corrected chi connectivity index (χ4v) is 3.82. The van der Waals surface area contributed by atoms with Crippen molar-refractivity contribution in [2.45, 2.75) is 25.5 Å². The predicted octanol–water partition coefficient (Wildman–Crippen LogP) is 3.09. The lowest BCUT2D eigenvalue weighted by molar-refractivity contribution is 0.0620. The molecule has 0 unspecified atom stereocenters. The van der Waals surface area contributed by atoms with E-state index in [4.69, 9.17) is 4.74 Å². The summed E-state index contributed by atoms with van der Waals surface area (Å²) in [5, 5.41) is 3.22. The molecule has 3 aliphatic heterocycles. The van der Waals surface area contributed by atoms with Crippen molar-refractivity contribution in [2.75, 3.05) is 19.6 Å². The van der Waals surface area contributed by atoms with Crippen molar-refractivity contribution < 1.29 is 9.53 Å². The van der Waals surface area contributed by atoms with E-state index in [0.717, 1.165) is 17.9 Å². The Morgan fingerprint density at radius 3 is 2.40 bits per heavy atom. The summed E-state index contributed by atoms with van der Waals surface area (Å²) in [4.78, 5) is 15.0. The Bertz CT molecular complexity index is 706. The highest BCUT2D eigenvalue weighted by molar-refractivity contribution is 5.94. The molecule has 2 aromatic rings. The monoisotopic (exact) mass is 336 g/mol. The number of rotatable bonds is 5. The lowest BCUT2D eigenvalue weighted by atomic mass is 9.84. The Morgan fingerprint density at radius 1 is 1.04 bits per heavy atom. The van der Waals surface area contributed by atoms with Crippen LogP contribution in [-0.2, 0) is 6.61 Å². The maximum absolute atomic E-state index is 12.5. The Morgan fingerprint density at radius 2 is 1.76 bits per heavy atom. The number of carbonyl (C=O) groups is 1. The first-order chi connectivity index (χ1) is 12.3. The number of hydrogen-bond donors (Lipinski definition) is 1. The van der Waals surface area contributed by atoms with Gasteiger partial charge in [-0.3, -0.25) is 4.79 Å². The van der Waals surface area contributed by atoms with E-state index in [2.05, 4.69) is 10.2 Å². The Hall–Kier alpha value is -2.33. The standard InChI is InChI=1S/C21H24N2O2/c24-21(22-20-14-23-12-10-17(20)11-13-23)18-6-8-19(9-7-18)25-15-16-4-2-1-3-5-16/h1-9,17,20H,10-15H2,(H,22,24)/t20-/m1/s1. The average molecular weight is 336 g/mol. The third-order valence-corrected chi connectivity index (χ3v) is 5.34. The van der Waals surface area contributed by atoms with E-state index in [9.17, 15) is 4.79 Å². The van der Waals surface area contributed by atoms with E-state index in [1.165, 1.54) is 25.9 Å². The zero-order valence-corrected chi connectivity index (χ0v) is 14.4. The first-order valence-corrected chi connectivity index (χ1v) is 9.08. The Balaban J connectivity index is 1.32. The van der Waals surface area contributed by atoms with Crippen molar-refractivity contribution in [1.29, 1.82) is 0 Å². The van der Waals surface area contributed by atoms with Crippen LogP contribution in [0.1, 0.15) is 28.8 Å². The molecule has 3 saturated heterocycles. The van der Waals surface area contributed by atoms with Crippen molar-refractivity contribution in [1.82, 2.24) is 10.2 Å². The van der Waals surface area contributed by atoms with Crippen LogP contribution in [0.4, 0.5) is 0 Å². The zero-order valence-electron chi connectivity index (χ0n) is 14.4. The van der Waals surface area contributed by atoms with E-state index >= 15 is 0 Å². The van der Waals surface area contributed by atoms with Crippen LogP contribution in [0.2, 0.25) is 0 Å². The molecule has 3 heterocycles. The number of fused-ring (bicyclic) bond motifs is 3. The quantitative estimate of drug-likeness (QED) is 0.912. The number of carbonyl (C=O) groups excluding carboxylic acids is 1. The van der Waals surface area contributed by atoms with E-state index < -0.39 is 0 Å². The van der Waals surface area contributed by atoms with Gasteiger partial charge in [-0.2, -0.15) is 0 Å². The first-order valence-electron chi connectivity index (χ1n) is 9.08. The zero-order chi connectivity index (χ0) is 17.1. The average Bonchev–Trinajstić information content (AvgIpc) is 2.68. The fraction of sp³-hybridized carbons (Fsp3) is 0.381. The summed E-state index contributed by atoms with van der Waals surface area (Å²) in [5.41, 5.74) is 1.83. The number of ether oxygens (including phenoxy) is 1. The molecule has 3 aliphatic rings. The van der Waals surface area contributed by atoms with Crippen molar-refractivity contribution in [2.24, 2.45) is 5.92 Å². The van der Waals surface area contributed by atoms with Crippen molar-refractivity contribution in [3.63, 3.8) is 0 Å². The number of benzene rings is 2. The van der Waals surface area contributed by atoms with Gasteiger partial charge in [0.1, 0.15) is 12.4 Å². The number of amides is 1. The summed E-state index contributed by atoms with van der Waals surface area (Å²) < 4.78 is 5.78. The third kappa shape index (κ3) is 3.85. The number of nitrogens with one attached hydrogen (secondary N) is 1. The molecule has 0 aromatic heterocycles. The molecule has 5 rings (SSSR count). The van der Waals surface area contributed by atoms with Gasteiger partial charge in [-0.15, -0.1) is 0 Å². The van der Waals surface area contributed by atoms with Gasteiger partial charge in [-0.05, 0) is 61.7 Å². The molecule has 0 saturated carbocycles. The van der Waals surface area contributed by atoms with Gasteiger partial charge < -0.3 is 15.0 Å². The molecule has 1 N–H and O–H groups in total. The van der Waals surface area contributed by atoms with Crippen LogP contribution in [0.15, 0.2) is 54.6 Å². The molecule has 2 bridgehead atoms. The van der Waals surface area contributed by atoms with Crippen LogP contribution >= 0.6 is 0 Å². The highest BCUT2D eigenvalue weighted by atomic mass is 16.5. The van der Waals surface area contributed by atoms with Gasteiger partial charge >= 0.3 is 0 Å². The van der Waals surface area contributed by atoms with Gasteiger partial charge in [0.25, 0.3) is 5.91 Å². The van der Waals surface area contributed by atoms with Crippen molar-refractivity contribution in [3.8, 4) is 5.75 Å². The van der Waals surface area contributed by atoms with E-state index in [1.54, 1.807) is 0 Å². The Kier molecular flexibility index (Phi) is 4.70. The molecule has 25 heavy (non-hydrogen) atoms. The van der Waals surface area contributed by atoms with Gasteiger partial charge in [0.05, 0.1) is 0 Å². The fourth-order valence-electron chi connectivity index (χ4n) is 3.82. The topological polar surface area (TPSA) is 41.6 Å². The molecular weight excluding hydrogens is 312 g/mol. The highest BCUT2D eigenvalue weighted by Crippen LogP contribution is 2.27. The van der Waals surface area contributed by atoms with Crippen LogP contribution < -0.4 is 10.1 Å². The van der Waals surface area contributed by atoms with Gasteiger partial charge in [-0.25, -0.2) is 0 Å². The van der Waals surface area contributed by atoms with Crippen molar-refractivity contribution in [3.05, 3.63) is 65.7 Å². The van der Waals surface area contributed by atoms with Crippen LogP contribution in [0.3, 0.4) is 0 Å². The lowest BCUT2D eigenvalue weighted by Crippen LogP contribution is -2.57. The van der Waals surface area contributed by atoms with Gasteiger partial charge in [0.15, 0.2) is 0 Å². The van der Waals surface area contributed by atoms with E-state index in [-0.39, 0.29) is 5.91 Å². The smallest absolute Gasteiger partial charge is 0.251 e. The lowest BCUT2D eigenvalue weighted by Gasteiger charge is -2.44. The summed E-state index contributed by atoms with van der Waals surface area (Å²) in [6, 6.07) is 17.8. The van der Waals surface area contributed by atoms with E-state index in [0.29, 0.717) is 24.1 Å². The van der Waals surface area contributed by atoms with Crippen LogP contribution in [0.5, 0.6) is 5.75 Å². The van der Waals surface area contributed by atoms with E-state index in [1.807, 2.05) is 54.6 Å². The molecule has 4 nitrogen and oxygen atoms in total. The molecule has 130 valence electrons. The molecular formula is C21H24N2O2. The summed E-state index contributed by atoms with van der Waals surface area (Å²) in [5.74, 6) is 1.44. The van der Waals surface area contributed by atoms with Gasteiger partial charge in [0, 0.05) is 18.2 Å². The summed E-state index contributed by atoms with van der Waals surface area (Å²) in [7, 11) is 0. The number of nitrogens with zero attached hydrogens (tertiary/aromatic N) is 1. The van der Waals surface area contributed by atoms with Crippen LogP contribution in [-0.4, -0.2) is 36.5 Å². The second kappa shape index (κ2) is 7.28. The second-order valence-corrected chi connectivity index (χ2v) is 7.02. The van der Waals surface area contributed by atoms with Crippen LogP contribution in [0.25, 0.3) is 0 Å². The molecule has 0 radical (unpaired) electrons. The minimum absolute atomic E-state index is 0.0216. The SMILES string of the molecule is O=C(N[C@@H]1CN2CCC1CC2)c1ccc(OCc2ccccc2)cc1. The molecule has 4 heteroatoms. The summed E-state index contributed by atoms with van der Waals surface area (Å²) >= 11 is 0. The Labute approximate surface area is 148 Å². The van der Waals surface area contributed by atoms with Gasteiger partial charge in [0.2, 0.25) is 0 Å². The third-order valence-electron chi connectivity index (χ3n) is 5.34. The van der Waals surface area contributed by atoms with Gasteiger partial charge in [-0.1, -0.05) is 30.3 Å². The molecule has 2 aromatic carbocycles.